The number of nitro benzene ring substituents is 1. The number of aromatic nitrogens is 3. The van der Waals surface area contributed by atoms with Crippen LogP contribution in [0.3, 0.4) is 0 Å². The Kier molecular flexibility index (Phi) is 9.08. The number of hydrogen-bond donors (Lipinski definition) is 1. The summed E-state index contributed by atoms with van der Waals surface area (Å²) in [5.74, 6) is 2.03. The molecule has 3 aromatic rings. The number of amides is 1. The molecule has 0 bridgehead atoms. The third kappa shape index (κ3) is 7.07. The van der Waals surface area contributed by atoms with Crippen molar-refractivity contribution in [2.45, 2.75) is 65.3 Å². The van der Waals surface area contributed by atoms with Gasteiger partial charge in [0, 0.05) is 23.9 Å². The van der Waals surface area contributed by atoms with Gasteiger partial charge >= 0.3 is 0 Å². The lowest BCUT2D eigenvalue weighted by Crippen LogP contribution is -2.17. The van der Waals surface area contributed by atoms with Gasteiger partial charge in [0.15, 0.2) is 17.1 Å². The molecular formula is C26H33N5O4S. The number of aryl methyl sites for hydroxylation is 1. The van der Waals surface area contributed by atoms with Gasteiger partial charge in [-0.05, 0) is 49.4 Å². The highest BCUT2D eigenvalue weighted by atomic mass is 32.2. The van der Waals surface area contributed by atoms with Crippen molar-refractivity contribution in [2.75, 3.05) is 11.1 Å². The maximum absolute atomic E-state index is 12.6. The number of carbonyl (C=O) groups excluding carboxylic acids is 1. The fraction of sp³-hybridized carbons (Fsp3) is 0.423. The van der Waals surface area contributed by atoms with Gasteiger partial charge < -0.3 is 14.6 Å². The Balaban J connectivity index is 1.69. The number of rotatable bonds is 11. The van der Waals surface area contributed by atoms with Crippen LogP contribution in [0.5, 0.6) is 5.75 Å². The van der Waals surface area contributed by atoms with Gasteiger partial charge in [-0.3, -0.25) is 14.9 Å². The van der Waals surface area contributed by atoms with E-state index in [0.717, 1.165) is 5.75 Å². The minimum Gasteiger partial charge on any atom is -0.483 e. The number of hydrogen-bond acceptors (Lipinski definition) is 7. The maximum atomic E-state index is 12.6. The van der Waals surface area contributed by atoms with Gasteiger partial charge in [0.25, 0.3) is 5.69 Å². The SMILES string of the molecule is Cc1ccc(NC(=O)CSc2nnc(C(C)Oc3ccc(C(C)C)cc3)n2CC(C)C)cc1[N+](=O)[O-]. The molecule has 0 fully saturated rings. The molecule has 36 heavy (non-hydrogen) atoms. The Morgan fingerprint density at radius 2 is 1.81 bits per heavy atom. The highest BCUT2D eigenvalue weighted by Crippen LogP contribution is 2.27. The molecule has 9 nitrogen and oxygen atoms in total. The number of nitrogens with one attached hydrogen (secondary N) is 1. The average molecular weight is 512 g/mol. The molecule has 0 aliphatic rings. The molecule has 1 atom stereocenters. The van der Waals surface area contributed by atoms with Crippen molar-refractivity contribution >= 4 is 29.0 Å². The van der Waals surface area contributed by atoms with Gasteiger partial charge in [0.2, 0.25) is 5.91 Å². The van der Waals surface area contributed by atoms with E-state index in [0.29, 0.717) is 40.6 Å². The van der Waals surface area contributed by atoms with Crippen LogP contribution in [0.25, 0.3) is 0 Å². The molecule has 10 heteroatoms. The van der Waals surface area contributed by atoms with E-state index in [1.165, 1.54) is 23.4 Å². The van der Waals surface area contributed by atoms with Gasteiger partial charge in [-0.15, -0.1) is 10.2 Å². The first-order chi connectivity index (χ1) is 17.0. The molecule has 2 aromatic carbocycles. The van der Waals surface area contributed by atoms with Gasteiger partial charge in [-0.1, -0.05) is 57.7 Å². The van der Waals surface area contributed by atoms with Crippen LogP contribution in [-0.4, -0.2) is 31.3 Å². The zero-order valence-corrected chi connectivity index (χ0v) is 22.3. The second-order valence-corrected chi connectivity index (χ2v) is 10.4. The smallest absolute Gasteiger partial charge is 0.274 e. The zero-order chi connectivity index (χ0) is 26.4. The maximum Gasteiger partial charge on any atom is 0.274 e. The summed E-state index contributed by atoms with van der Waals surface area (Å²) in [4.78, 5) is 23.3. The van der Waals surface area contributed by atoms with Crippen LogP contribution < -0.4 is 10.1 Å². The van der Waals surface area contributed by atoms with E-state index in [2.05, 4.69) is 55.3 Å². The number of carbonyl (C=O) groups is 1. The van der Waals surface area contributed by atoms with Gasteiger partial charge in [0.1, 0.15) is 5.75 Å². The van der Waals surface area contributed by atoms with Crippen molar-refractivity contribution in [3.8, 4) is 5.75 Å². The molecule has 1 amide bonds. The lowest BCUT2D eigenvalue weighted by molar-refractivity contribution is -0.385. The molecule has 1 unspecified atom stereocenters. The van der Waals surface area contributed by atoms with E-state index < -0.39 is 4.92 Å². The van der Waals surface area contributed by atoms with E-state index in [-0.39, 0.29) is 23.5 Å². The van der Waals surface area contributed by atoms with Crippen LogP contribution >= 0.6 is 11.8 Å². The number of ether oxygens (including phenoxy) is 1. The molecule has 0 saturated carbocycles. The minimum atomic E-state index is -0.461. The summed E-state index contributed by atoms with van der Waals surface area (Å²) < 4.78 is 8.14. The van der Waals surface area contributed by atoms with Crippen molar-refractivity contribution in [3.05, 3.63) is 69.5 Å². The fourth-order valence-electron chi connectivity index (χ4n) is 3.64. The largest absolute Gasteiger partial charge is 0.483 e. The quantitative estimate of drug-likeness (QED) is 0.187. The lowest BCUT2D eigenvalue weighted by atomic mass is 10.0. The number of nitrogens with zero attached hydrogens (tertiary/aromatic N) is 4. The number of benzene rings is 2. The first-order valence-electron chi connectivity index (χ1n) is 11.9. The summed E-state index contributed by atoms with van der Waals surface area (Å²) in [6, 6.07) is 12.7. The van der Waals surface area contributed by atoms with E-state index >= 15 is 0 Å². The fourth-order valence-corrected chi connectivity index (χ4v) is 4.40. The lowest BCUT2D eigenvalue weighted by Gasteiger charge is -2.18. The van der Waals surface area contributed by atoms with Crippen molar-refractivity contribution in [1.82, 2.24) is 14.8 Å². The van der Waals surface area contributed by atoms with Crippen molar-refractivity contribution in [1.29, 1.82) is 0 Å². The van der Waals surface area contributed by atoms with Crippen LogP contribution in [0.15, 0.2) is 47.6 Å². The van der Waals surface area contributed by atoms with Crippen LogP contribution in [-0.2, 0) is 11.3 Å². The summed E-state index contributed by atoms with van der Waals surface area (Å²) >= 11 is 1.27. The molecule has 3 rings (SSSR count). The highest BCUT2D eigenvalue weighted by molar-refractivity contribution is 7.99. The Bertz CT molecular complexity index is 1210. The highest BCUT2D eigenvalue weighted by Gasteiger charge is 2.21. The van der Waals surface area contributed by atoms with E-state index in [1.807, 2.05) is 23.6 Å². The van der Waals surface area contributed by atoms with E-state index in [1.54, 1.807) is 19.1 Å². The number of anilines is 1. The summed E-state index contributed by atoms with van der Waals surface area (Å²) in [7, 11) is 0. The predicted molar refractivity (Wildman–Crippen MR) is 142 cm³/mol. The minimum absolute atomic E-state index is 0.0328. The molecule has 1 heterocycles. The van der Waals surface area contributed by atoms with Crippen molar-refractivity contribution in [2.24, 2.45) is 5.92 Å². The number of thioether (sulfide) groups is 1. The third-order valence-electron chi connectivity index (χ3n) is 5.54. The van der Waals surface area contributed by atoms with Gasteiger partial charge in [-0.2, -0.15) is 0 Å². The predicted octanol–water partition coefficient (Wildman–Crippen LogP) is 6.14. The van der Waals surface area contributed by atoms with Crippen molar-refractivity contribution < 1.29 is 14.5 Å². The molecule has 0 radical (unpaired) electrons. The molecule has 0 aliphatic heterocycles. The summed E-state index contributed by atoms with van der Waals surface area (Å²) in [6.45, 7) is 12.8. The average Bonchev–Trinajstić information content (AvgIpc) is 3.21. The summed E-state index contributed by atoms with van der Waals surface area (Å²) in [5.41, 5.74) is 2.13. The van der Waals surface area contributed by atoms with E-state index in [4.69, 9.17) is 4.74 Å². The molecule has 1 N–H and O–H groups in total. The molecule has 0 aliphatic carbocycles. The normalized spacial score (nSPS) is 12.1. The van der Waals surface area contributed by atoms with Gasteiger partial charge in [0.05, 0.1) is 10.7 Å². The van der Waals surface area contributed by atoms with Crippen LogP contribution in [0.1, 0.15) is 63.6 Å². The molecule has 0 saturated heterocycles. The van der Waals surface area contributed by atoms with E-state index in [9.17, 15) is 14.9 Å². The molecule has 1 aromatic heterocycles. The Labute approximate surface area is 215 Å². The second kappa shape index (κ2) is 12.0. The van der Waals surface area contributed by atoms with Gasteiger partial charge in [-0.25, -0.2) is 0 Å². The summed E-state index contributed by atoms with van der Waals surface area (Å²) in [5, 5.41) is 23.2. The molecular weight excluding hydrogens is 478 g/mol. The zero-order valence-electron chi connectivity index (χ0n) is 21.5. The second-order valence-electron chi connectivity index (χ2n) is 9.42. The monoisotopic (exact) mass is 511 g/mol. The van der Waals surface area contributed by atoms with Crippen LogP contribution in [0.4, 0.5) is 11.4 Å². The molecule has 192 valence electrons. The topological polar surface area (TPSA) is 112 Å². The first-order valence-corrected chi connectivity index (χ1v) is 12.9. The standard InChI is InChI=1S/C26H33N5O4S/c1-16(2)14-30-25(19(6)35-22-11-8-20(9-12-22)17(3)4)28-29-26(30)36-15-24(32)27-21-10-7-18(5)23(13-21)31(33)34/h7-13,16-17,19H,14-15H2,1-6H3,(H,27,32). The third-order valence-corrected chi connectivity index (χ3v) is 6.51. The van der Waals surface area contributed by atoms with Crippen LogP contribution in [0.2, 0.25) is 0 Å². The Hall–Kier alpha value is -3.40. The van der Waals surface area contributed by atoms with Crippen molar-refractivity contribution in [3.63, 3.8) is 0 Å². The first kappa shape index (κ1) is 27.2. The molecule has 0 spiro atoms. The number of nitro groups is 1. The van der Waals surface area contributed by atoms with Crippen LogP contribution in [0, 0.1) is 23.0 Å². The Morgan fingerprint density at radius 1 is 1.11 bits per heavy atom. The summed E-state index contributed by atoms with van der Waals surface area (Å²) in [6.07, 6.45) is -0.336. The Morgan fingerprint density at radius 3 is 2.42 bits per heavy atom.